The van der Waals surface area contributed by atoms with Crippen molar-refractivity contribution < 1.29 is 57.5 Å². The molecule has 0 unspecified atom stereocenters. The molecule has 15 aromatic rings. The number of amides is 2. The second-order valence-corrected chi connectivity index (χ2v) is 32.5. The molecular formula is C84H81F3N12O10S3. The van der Waals surface area contributed by atoms with E-state index in [-0.39, 0.29) is 66.8 Å². The molecule has 28 heteroatoms. The Hall–Kier alpha value is -12.4. The predicted molar refractivity (Wildman–Crippen MR) is 430 cm³/mol. The van der Waals surface area contributed by atoms with E-state index in [4.69, 9.17) is 10.5 Å². The minimum Gasteiger partial charge on any atom is -0.465 e. The third-order valence-electron chi connectivity index (χ3n) is 17.8. The molecule has 0 atom stereocenters. The summed E-state index contributed by atoms with van der Waals surface area (Å²) < 4.78 is 121. The van der Waals surface area contributed by atoms with Crippen LogP contribution in [0.25, 0.3) is 65.4 Å². The lowest BCUT2D eigenvalue weighted by Crippen LogP contribution is -2.23. The first-order valence-corrected chi connectivity index (χ1v) is 39.8. The number of nitrogens with zero attached hydrogens (tertiary/aromatic N) is 6. The summed E-state index contributed by atoms with van der Waals surface area (Å²) in [7, 11) is -9.13. The van der Waals surface area contributed by atoms with E-state index in [1.165, 1.54) is 50.2 Å². The fourth-order valence-corrected chi connectivity index (χ4v) is 15.2. The van der Waals surface area contributed by atoms with E-state index in [0.29, 0.717) is 97.3 Å². The third kappa shape index (κ3) is 19.8. The van der Waals surface area contributed by atoms with Gasteiger partial charge in [0.2, 0.25) is 0 Å². The number of halogens is 3. The van der Waals surface area contributed by atoms with Crippen LogP contribution in [0, 0.1) is 38.2 Å². The number of rotatable bonds is 17. The van der Waals surface area contributed by atoms with Crippen molar-refractivity contribution in [3.05, 3.63) is 303 Å². The van der Waals surface area contributed by atoms with Gasteiger partial charge in [0.05, 0.1) is 43.9 Å². The molecule has 6 aromatic carbocycles. The molecule has 15 rings (SSSR count). The lowest BCUT2D eigenvalue weighted by molar-refractivity contribution is 0.0600. The van der Waals surface area contributed by atoms with Crippen molar-refractivity contribution in [1.29, 1.82) is 0 Å². The van der Waals surface area contributed by atoms with E-state index in [1.54, 1.807) is 110 Å². The summed E-state index contributed by atoms with van der Waals surface area (Å²) in [5.41, 5.74) is 18.2. The van der Waals surface area contributed by atoms with Gasteiger partial charge in [-0.1, -0.05) is 14.9 Å². The van der Waals surface area contributed by atoms with Gasteiger partial charge < -0.3 is 36.1 Å². The van der Waals surface area contributed by atoms with Crippen LogP contribution >= 0.6 is 0 Å². The minimum atomic E-state index is -3.51. The van der Waals surface area contributed by atoms with Crippen molar-refractivity contribution in [2.45, 2.75) is 89.2 Å². The number of sulfone groups is 3. The van der Waals surface area contributed by atoms with E-state index in [0.717, 1.165) is 83.7 Å². The topological polar surface area (TPSA) is 338 Å². The highest BCUT2D eigenvalue weighted by Crippen LogP contribution is 2.30. The number of aryl methyl sites for hydroxylation is 3. The first-order valence-electron chi connectivity index (χ1n) is 34.2. The number of ether oxygens (including phenoxy) is 1. The van der Waals surface area contributed by atoms with Gasteiger partial charge in [0, 0.05) is 191 Å². The molecular weight excluding hydrogens is 1490 g/mol. The molecule has 2 amide bonds. The molecule has 7 N–H and O–H groups in total. The second kappa shape index (κ2) is 34.7. The zero-order chi connectivity index (χ0) is 78.3. The summed E-state index contributed by atoms with van der Waals surface area (Å²) in [6, 6.07) is 40.9. The molecule has 22 nitrogen and oxygen atoms in total. The van der Waals surface area contributed by atoms with Crippen LogP contribution in [0.3, 0.4) is 0 Å². The number of carbonyl (C=O) groups is 3. The molecule has 0 spiro atoms. The normalized spacial score (nSPS) is 11.4. The molecule has 0 fully saturated rings. The number of fused-ring (bicyclic) bond motifs is 6. The van der Waals surface area contributed by atoms with E-state index in [2.05, 4.69) is 55.5 Å². The summed E-state index contributed by atoms with van der Waals surface area (Å²) in [6.45, 7) is 6.01. The van der Waals surface area contributed by atoms with Gasteiger partial charge in [-0.25, -0.2) is 43.2 Å². The number of esters is 1. The van der Waals surface area contributed by atoms with Crippen molar-refractivity contribution in [2.24, 2.45) is 5.73 Å². The van der Waals surface area contributed by atoms with Crippen LogP contribution in [0.5, 0.6) is 0 Å². The molecule has 0 aliphatic carbocycles. The maximum atomic E-state index is 14.4. The number of nitrogens with one attached hydrogen (secondary N) is 5. The predicted octanol–water partition coefficient (Wildman–Crippen LogP) is 14.7. The number of benzene rings is 6. The number of aromatic nitrogens is 9. The SMILES string of the molecule is C.C.COC(=O)c1ccnc(Cc2cc(S(C)(=O)=O)c3ncc(C)cc3c2)c1.Cc1cnc2c(S(C)(=O)=O)cc(Cc3cc(C(=O)NCc4cc5cc[nH]c5cc4F)ccn3)cc2c1.Cc1cnc2c(S(C)(=O)=O)cc(Cc3cc(C(=O)NCc4cc5cc[nH]c5cc4F)ccn3)cc2c1.NCc1cc2cc[nH]c2cc1F. The van der Waals surface area contributed by atoms with Gasteiger partial charge >= 0.3 is 5.97 Å². The summed E-state index contributed by atoms with van der Waals surface area (Å²) >= 11 is 0. The van der Waals surface area contributed by atoms with Crippen LogP contribution in [0.15, 0.2) is 216 Å². The highest BCUT2D eigenvalue weighted by molar-refractivity contribution is 7.91. The summed E-state index contributed by atoms with van der Waals surface area (Å²) in [5, 5.41) is 10.4. The molecule has 9 aromatic heterocycles. The van der Waals surface area contributed by atoms with Crippen LogP contribution in [0.2, 0.25) is 0 Å². The molecule has 0 saturated heterocycles. The second-order valence-electron chi connectivity index (χ2n) is 26.6. The standard InChI is InChI=1S/2C27H23FN4O3S.C19H18N2O4S.C9H9FN2.2CH4/c2*1-16-7-20-8-17(10-25(36(2,34)35)26(20)31-14-16)9-22-12-19(4-5-29-22)27(33)32-15-21-11-18-3-6-30-24(18)13-23(21)28;1-12-6-15-7-13(9-17(26(3,23)24)18(15)21-11-12)8-16-10-14(4-5-20-16)19(22)25-2;10-8-4-9-6(1-2-12-9)3-7(8)5-11;;/h2*3-8,10-14,30H,9,15H2,1-2H3,(H,32,33);4-7,9-11H,8H2,1-3H3;1-4,12H,5,11H2;2*1H4. The number of aromatic amines is 3. The molecule has 9 heterocycles. The number of nitrogens with two attached hydrogens (primary N) is 1. The van der Waals surface area contributed by atoms with Gasteiger partial charge in [-0.2, -0.15) is 0 Å². The fraction of sp³-hybridized carbons (Fsp3) is 0.179. The van der Waals surface area contributed by atoms with Gasteiger partial charge in [-0.15, -0.1) is 0 Å². The van der Waals surface area contributed by atoms with Crippen molar-refractivity contribution in [3.63, 3.8) is 0 Å². The zero-order valence-electron chi connectivity index (χ0n) is 60.5. The van der Waals surface area contributed by atoms with Gasteiger partial charge in [0.15, 0.2) is 29.5 Å². The Kier molecular flexibility index (Phi) is 25.4. The Morgan fingerprint density at radius 2 is 0.723 bits per heavy atom. The van der Waals surface area contributed by atoms with Crippen molar-refractivity contribution >= 4 is 113 Å². The van der Waals surface area contributed by atoms with E-state index < -0.39 is 47.1 Å². The maximum absolute atomic E-state index is 14.4. The first kappa shape index (κ1) is 82.1. The molecule has 112 heavy (non-hydrogen) atoms. The number of H-pyrrole nitrogens is 3. The molecule has 576 valence electrons. The highest BCUT2D eigenvalue weighted by Gasteiger charge is 2.21. The number of hydrogen-bond donors (Lipinski definition) is 6. The Bertz CT molecular complexity index is 6210. The van der Waals surface area contributed by atoms with Crippen molar-refractivity contribution in [2.75, 3.05) is 25.9 Å². The summed E-state index contributed by atoms with van der Waals surface area (Å²) in [6.07, 6.45) is 19.3. The number of pyridine rings is 6. The maximum Gasteiger partial charge on any atom is 0.337 e. The molecule has 0 aliphatic heterocycles. The van der Waals surface area contributed by atoms with E-state index in [9.17, 15) is 52.8 Å². The fourth-order valence-electron chi connectivity index (χ4n) is 12.5. The average molecular weight is 1570 g/mol. The van der Waals surface area contributed by atoms with Gasteiger partial charge in [-0.05, 0) is 216 Å². The first-order chi connectivity index (χ1) is 52.4. The van der Waals surface area contributed by atoms with Crippen LogP contribution in [-0.4, -0.2) is 114 Å². The molecule has 0 radical (unpaired) electrons. The Morgan fingerprint density at radius 1 is 0.411 bits per heavy atom. The molecule has 0 bridgehead atoms. The quantitative estimate of drug-likeness (QED) is 0.0461. The van der Waals surface area contributed by atoms with E-state index >= 15 is 0 Å². The van der Waals surface area contributed by atoms with E-state index in [1.807, 2.05) is 75.4 Å². The van der Waals surface area contributed by atoms with Gasteiger partial charge in [0.25, 0.3) is 11.8 Å². The number of hydrogen-bond acceptors (Lipinski definition) is 17. The zero-order valence-corrected chi connectivity index (χ0v) is 62.9. The average Bonchev–Trinajstić information content (AvgIpc) is 0.900. The number of carbonyl (C=O) groups excluding carboxylic acids is 3. The molecule has 0 saturated carbocycles. The largest absolute Gasteiger partial charge is 0.465 e. The number of methoxy groups -OCH3 is 1. The lowest BCUT2D eigenvalue weighted by Gasteiger charge is -2.10. The van der Waals surface area contributed by atoms with Crippen LogP contribution in [0.1, 0.15) is 113 Å². The van der Waals surface area contributed by atoms with Crippen LogP contribution < -0.4 is 16.4 Å². The Labute approximate surface area is 645 Å². The van der Waals surface area contributed by atoms with Crippen LogP contribution in [-0.2, 0) is 73.1 Å². The highest BCUT2D eigenvalue weighted by atomic mass is 32.2. The molecule has 0 aliphatic rings. The van der Waals surface area contributed by atoms with Gasteiger partial charge in [0.1, 0.15) is 17.5 Å². The van der Waals surface area contributed by atoms with Crippen molar-refractivity contribution in [3.8, 4) is 0 Å². The summed E-state index contributed by atoms with van der Waals surface area (Å²) in [5.74, 6) is -2.20. The van der Waals surface area contributed by atoms with Crippen LogP contribution in [0.4, 0.5) is 13.2 Å². The van der Waals surface area contributed by atoms with Gasteiger partial charge in [-0.3, -0.25) is 39.5 Å². The Balaban J connectivity index is 0.000000166. The van der Waals surface area contributed by atoms with Crippen molar-refractivity contribution in [1.82, 2.24) is 55.5 Å². The smallest absolute Gasteiger partial charge is 0.337 e. The minimum absolute atomic E-state index is 0. The lowest BCUT2D eigenvalue weighted by atomic mass is 10.0. The monoisotopic (exact) mass is 1570 g/mol. The Morgan fingerprint density at radius 3 is 1.04 bits per heavy atom. The summed E-state index contributed by atoms with van der Waals surface area (Å²) in [4.78, 5) is 72.5. The third-order valence-corrected chi connectivity index (χ3v) is 21.2.